The Labute approximate surface area is 71.8 Å². The molecule has 0 fully saturated rings. The summed E-state index contributed by atoms with van der Waals surface area (Å²) in [6.07, 6.45) is 4.17. The van der Waals surface area contributed by atoms with Crippen molar-refractivity contribution >= 4 is 5.69 Å². The summed E-state index contributed by atoms with van der Waals surface area (Å²) >= 11 is 0. The monoisotopic (exact) mass is 167 g/mol. The normalized spacial score (nSPS) is 10.1. The fourth-order valence-corrected chi connectivity index (χ4v) is 0.747. The smallest absolute Gasteiger partial charge is 0.154 e. The Morgan fingerprint density at radius 3 is 2.67 bits per heavy atom. The van der Waals surface area contributed by atoms with Gasteiger partial charge in [0, 0.05) is 6.61 Å². The van der Waals surface area contributed by atoms with Crippen LogP contribution in [0, 0.1) is 0 Å². The highest BCUT2D eigenvalue weighted by Gasteiger charge is 1.94. The van der Waals surface area contributed by atoms with E-state index in [1.807, 2.05) is 0 Å². The standard InChI is InChI=1S/C8H13N3O/c1-2-3-12-6-8-10-4-7(9)5-11-8/h4-5H,2-3,6,9H2,1H3. The van der Waals surface area contributed by atoms with Gasteiger partial charge in [0.2, 0.25) is 0 Å². The third-order valence-corrected chi connectivity index (χ3v) is 1.30. The van der Waals surface area contributed by atoms with Crippen molar-refractivity contribution in [2.45, 2.75) is 20.0 Å². The van der Waals surface area contributed by atoms with Crippen molar-refractivity contribution in [3.63, 3.8) is 0 Å². The van der Waals surface area contributed by atoms with E-state index in [0.717, 1.165) is 13.0 Å². The molecule has 0 atom stereocenters. The Hall–Kier alpha value is -1.16. The molecule has 0 aliphatic rings. The maximum absolute atomic E-state index is 5.42. The number of hydrogen-bond donors (Lipinski definition) is 1. The number of ether oxygens (including phenoxy) is 1. The highest BCUT2D eigenvalue weighted by atomic mass is 16.5. The number of anilines is 1. The highest BCUT2D eigenvalue weighted by molar-refractivity contribution is 5.29. The predicted molar refractivity (Wildman–Crippen MR) is 46.4 cm³/mol. The first kappa shape index (κ1) is 8.93. The van der Waals surface area contributed by atoms with Crippen LogP contribution in [0.1, 0.15) is 19.2 Å². The fraction of sp³-hybridized carbons (Fsp3) is 0.500. The molecule has 0 aliphatic heterocycles. The largest absolute Gasteiger partial charge is 0.396 e. The molecular formula is C8H13N3O. The Morgan fingerprint density at radius 1 is 1.42 bits per heavy atom. The third kappa shape index (κ3) is 2.84. The van der Waals surface area contributed by atoms with E-state index in [2.05, 4.69) is 16.9 Å². The molecular weight excluding hydrogens is 154 g/mol. The molecule has 1 heterocycles. The summed E-state index contributed by atoms with van der Waals surface area (Å²) in [6.45, 7) is 3.27. The topological polar surface area (TPSA) is 61.0 Å². The molecule has 4 nitrogen and oxygen atoms in total. The van der Waals surface area contributed by atoms with Gasteiger partial charge in [0.15, 0.2) is 5.82 Å². The van der Waals surface area contributed by atoms with Crippen molar-refractivity contribution in [1.29, 1.82) is 0 Å². The van der Waals surface area contributed by atoms with E-state index in [9.17, 15) is 0 Å². The van der Waals surface area contributed by atoms with Crippen molar-refractivity contribution in [3.8, 4) is 0 Å². The van der Waals surface area contributed by atoms with Crippen LogP contribution in [-0.2, 0) is 11.3 Å². The van der Waals surface area contributed by atoms with Gasteiger partial charge in [0.25, 0.3) is 0 Å². The second-order valence-corrected chi connectivity index (χ2v) is 2.49. The molecule has 1 rings (SSSR count). The van der Waals surface area contributed by atoms with Crippen molar-refractivity contribution < 1.29 is 4.74 Å². The molecule has 0 saturated heterocycles. The summed E-state index contributed by atoms with van der Waals surface area (Å²) in [5, 5.41) is 0. The number of aromatic nitrogens is 2. The van der Waals surface area contributed by atoms with Crippen LogP contribution in [0.5, 0.6) is 0 Å². The summed E-state index contributed by atoms with van der Waals surface area (Å²) < 4.78 is 5.24. The number of nitrogens with two attached hydrogens (primary N) is 1. The minimum absolute atomic E-state index is 0.466. The predicted octanol–water partition coefficient (Wildman–Crippen LogP) is 0.985. The Balaban J connectivity index is 2.37. The molecule has 66 valence electrons. The lowest BCUT2D eigenvalue weighted by Crippen LogP contribution is -2.00. The lowest BCUT2D eigenvalue weighted by Gasteiger charge is -2.00. The van der Waals surface area contributed by atoms with Crippen LogP contribution in [0.2, 0.25) is 0 Å². The summed E-state index contributed by atoms with van der Waals surface area (Å²) in [5.74, 6) is 0.678. The van der Waals surface area contributed by atoms with Gasteiger partial charge in [0.05, 0.1) is 18.1 Å². The second-order valence-electron chi connectivity index (χ2n) is 2.49. The van der Waals surface area contributed by atoms with Crippen molar-refractivity contribution in [3.05, 3.63) is 18.2 Å². The van der Waals surface area contributed by atoms with E-state index >= 15 is 0 Å². The van der Waals surface area contributed by atoms with Gasteiger partial charge >= 0.3 is 0 Å². The van der Waals surface area contributed by atoms with Gasteiger partial charge in [-0.3, -0.25) is 0 Å². The molecule has 0 spiro atoms. The summed E-state index contributed by atoms with van der Waals surface area (Å²) in [7, 11) is 0. The molecule has 1 aromatic heterocycles. The lowest BCUT2D eigenvalue weighted by atomic mass is 10.5. The van der Waals surface area contributed by atoms with Gasteiger partial charge in [-0.2, -0.15) is 0 Å². The molecule has 0 aliphatic carbocycles. The maximum atomic E-state index is 5.42. The molecule has 0 radical (unpaired) electrons. The molecule has 4 heteroatoms. The first-order valence-corrected chi connectivity index (χ1v) is 3.97. The van der Waals surface area contributed by atoms with Crippen LogP contribution in [0.25, 0.3) is 0 Å². The lowest BCUT2D eigenvalue weighted by molar-refractivity contribution is 0.116. The summed E-state index contributed by atoms with van der Waals surface area (Å²) in [5.41, 5.74) is 5.99. The van der Waals surface area contributed by atoms with Gasteiger partial charge < -0.3 is 10.5 Å². The third-order valence-electron chi connectivity index (χ3n) is 1.30. The molecule has 0 unspecified atom stereocenters. The SMILES string of the molecule is CCCOCc1ncc(N)cn1. The molecule has 0 amide bonds. The Kier molecular flexibility index (Phi) is 3.47. The highest BCUT2D eigenvalue weighted by Crippen LogP contribution is 1.97. The van der Waals surface area contributed by atoms with E-state index in [1.54, 1.807) is 12.4 Å². The van der Waals surface area contributed by atoms with Gasteiger partial charge in [-0.1, -0.05) is 6.92 Å². The van der Waals surface area contributed by atoms with Gasteiger partial charge in [-0.25, -0.2) is 9.97 Å². The van der Waals surface area contributed by atoms with E-state index in [-0.39, 0.29) is 0 Å². The molecule has 0 bridgehead atoms. The van der Waals surface area contributed by atoms with E-state index in [4.69, 9.17) is 10.5 Å². The summed E-state index contributed by atoms with van der Waals surface area (Å²) in [6, 6.07) is 0. The van der Waals surface area contributed by atoms with E-state index in [1.165, 1.54) is 0 Å². The van der Waals surface area contributed by atoms with Crippen LogP contribution < -0.4 is 5.73 Å². The molecule has 2 N–H and O–H groups in total. The number of nitrogen functional groups attached to an aromatic ring is 1. The van der Waals surface area contributed by atoms with E-state index < -0.39 is 0 Å². The van der Waals surface area contributed by atoms with Gasteiger partial charge in [-0.05, 0) is 6.42 Å². The minimum Gasteiger partial charge on any atom is -0.396 e. The number of rotatable bonds is 4. The molecule has 0 saturated carbocycles. The maximum Gasteiger partial charge on any atom is 0.154 e. The zero-order valence-electron chi connectivity index (χ0n) is 7.16. The van der Waals surface area contributed by atoms with Crippen LogP contribution in [-0.4, -0.2) is 16.6 Å². The van der Waals surface area contributed by atoms with Crippen molar-refractivity contribution in [2.75, 3.05) is 12.3 Å². The summed E-state index contributed by atoms with van der Waals surface area (Å²) in [4.78, 5) is 7.98. The van der Waals surface area contributed by atoms with Gasteiger partial charge in [0.1, 0.15) is 6.61 Å². The second kappa shape index (κ2) is 4.66. The van der Waals surface area contributed by atoms with E-state index in [0.29, 0.717) is 18.1 Å². The first-order chi connectivity index (χ1) is 5.83. The average Bonchev–Trinajstić information content (AvgIpc) is 2.09. The zero-order valence-corrected chi connectivity index (χ0v) is 7.16. The average molecular weight is 167 g/mol. The number of hydrogen-bond acceptors (Lipinski definition) is 4. The first-order valence-electron chi connectivity index (χ1n) is 3.97. The van der Waals surface area contributed by atoms with Crippen LogP contribution in [0.3, 0.4) is 0 Å². The fourth-order valence-electron chi connectivity index (χ4n) is 0.747. The molecule has 1 aromatic rings. The zero-order chi connectivity index (χ0) is 8.81. The van der Waals surface area contributed by atoms with Crippen LogP contribution in [0.4, 0.5) is 5.69 Å². The van der Waals surface area contributed by atoms with Crippen LogP contribution >= 0.6 is 0 Å². The van der Waals surface area contributed by atoms with Gasteiger partial charge in [-0.15, -0.1) is 0 Å². The van der Waals surface area contributed by atoms with Crippen molar-refractivity contribution in [2.24, 2.45) is 0 Å². The van der Waals surface area contributed by atoms with Crippen molar-refractivity contribution in [1.82, 2.24) is 9.97 Å². The minimum atomic E-state index is 0.466. The van der Waals surface area contributed by atoms with Crippen LogP contribution in [0.15, 0.2) is 12.4 Å². The Bertz CT molecular complexity index is 222. The Morgan fingerprint density at radius 2 is 2.08 bits per heavy atom. The number of nitrogens with zero attached hydrogens (tertiary/aromatic N) is 2. The molecule has 12 heavy (non-hydrogen) atoms. The quantitative estimate of drug-likeness (QED) is 0.679. The molecule has 0 aromatic carbocycles.